The molecule has 2 N–H and O–H groups in total. The molecule has 0 heterocycles. The molecule has 2 aromatic carbocycles. The highest BCUT2D eigenvalue weighted by Gasteiger charge is 1.95. The lowest BCUT2D eigenvalue weighted by Crippen LogP contribution is -2.00. The van der Waals surface area contributed by atoms with Gasteiger partial charge in [0.15, 0.2) is 0 Å². The van der Waals surface area contributed by atoms with Crippen molar-refractivity contribution in [3.8, 4) is 5.75 Å². The molecule has 23 heavy (non-hydrogen) atoms. The summed E-state index contributed by atoms with van der Waals surface area (Å²) in [6.07, 6.45) is 2.59. The minimum Gasteiger partial charge on any atom is -0.491 e. The van der Waals surface area contributed by atoms with Crippen LogP contribution in [0.2, 0.25) is 0 Å². The van der Waals surface area contributed by atoms with Gasteiger partial charge in [0.1, 0.15) is 12.4 Å². The first-order valence-electron chi connectivity index (χ1n) is 6.94. The quantitative estimate of drug-likeness (QED) is 0.604. The van der Waals surface area contributed by atoms with Crippen LogP contribution >= 0.6 is 0 Å². The van der Waals surface area contributed by atoms with Gasteiger partial charge in [-0.2, -0.15) is 10.2 Å². The first-order chi connectivity index (χ1) is 11.2. The Bertz CT molecular complexity index is 692. The highest BCUT2D eigenvalue weighted by molar-refractivity contribution is 5.85. The van der Waals surface area contributed by atoms with Crippen LogP contribution in [0.15, 0.2) is 64.8 Å². The SMILES string of the molecule is O=C(O)C=Cc1ccc(N=Nc2ccc(OCCO)cc2)cc1. The summed E-state index contributed by atoms with van der Waals surface area (Å²) >= 11 is 0. The van der Waals surface area contributed by atoms with E-state index < -0.39 is 5.97 Å². The van der Waals surface area contributed by atoms with Crippen molar-refractivity contribution in [2.24, 2.45) is 10.2 Å². The van der Waals surface area contributed by atoms with Gasteiger partial charge >= 0.3 is 5.97 Å². The Kier molecular flexibility index (Phi) is 6.02. The van der Waals surface area contributed by atoms with Crippen LogP contribution in [0, 0.1) is 0 Å². The van der Waals surface area contributed by atoms with E-state index in [1.165, 1.54) is 6.08 Å². The Balaban J connectivity index is 1.98. The fourth-order valence-electron chi connectivity index (χ4n) is 1.71. The van der Waals surface area contributed by atoms with Crippen LogP contribution in [0.3, 0.4) is 0 Å². The van der Waals surface area contributed by atoms with Gasteiger partial charge in [-0.3, -0.25) is 0 Å². The van der Waals surface area contributed by atoms with E-state index in [-0.39, 0.29) is 13.2 Å². The first kappa shape index (κ1) is 16.4. The number of azo groups is 1. The number of rotatable bonds is 7. The number of aliphatic carboxylic acids is 1. The predicted octanol–water partition coefficient (Wildman–Crippen LogP) is 3.57. The van der Waals surface area contributed by atoms with E-state index in [4.69, 9.17) is 14.9 Å². The molecule has 0 aliphatic rings. The van der Waals surface area contributed by atoms with E-state index in [1.807, 2.05) is 0 Å². The zero-order valence-corrected chi connectivity index (χ0v) is 12.3. The van der Waals surface area contributed by atoms with Gasteiger partial charge in [-0.05, 0) is 48.0 Å². The van der Waals surface area contributed by atoms with Crippen LogP contribution in [0.4, 0.5) is 11.4 Å². The van der Waals surface area contributed by atoms with Crippen molar-refractivity contribution in [1.29, 1.82) is 0 Å². The molecule has 6 heteroatoms. The van der Waals surface area contributed by atoms with E-state index in [0.717, 1.165) is 11.6 Å². The van der Waals surface area contributed by atoms with Crippen molar-refractivity contribution < 1.29 is 19.7 Å². The van der Waals surface area contributed by atoms with Gasteiger partial charge in [0.05, 0.1) is 18.0 Å². The molecule has 2 aromatic rings. The maximum absolute atomic E-state index is 10.4. The Morgan fingerprint density at radius 3 is 2.09 bits per heavy atom. The number of carboxylic acids is 1. The monoisotopic (exact) mass is 312 g/mol. The van der Waals surface area contributed by atoms with Crippen LogP contribution in [-0.2, 0) is 4.79 Å². The van der Waals surface area contributed by atoms with Crippen molar-refractivity contribution in [3.63, 3.8) is 0 Å². The number of benzene rings is 2. The third-order valence-corrected chi connectivity index (χ3v) is 2.79. The second-order valence-corrected chi connectivity index (χ2v) is 4.53. The number of hydrogen-bond donors (Lipinski definition) is 2. The minimum atomic E-state index is -0.986. The van der Waals surface area contributed by atoms with Crippen molar-refractivity contribution in [3.05, 3.63) is 60.2 Å². The molecule has 0 spiro atoms. The molecule has 0 bridgehead atoms. The van der Waals surface area contributed by atoms with Crippen LogP contribution in [0.1, 0.15) is 5.56 Å². The third kappa shape index (κ3) is 5.72. The van der Waals surface area contributed by atoms with Gasteiger partial charge < -0.3 is 14.9 Å². The number of nitrogens with zero attached hydrogens (tertiary/aromatic N) is 2. The van der Waals surface area contributed by atoms with Gasteiger partial charge in [0, 0.05) is 6.08 Å². The number of aliphatic hydroxyl groups is 1. The number of hydrogen-bond acceptors (Lipinski definition) is 5. The van der Waals surface area contributed by atoms with E-state index in [2.05, 4.69) is 10.2 Å². The zero-order valence-electron chi connectivity index (χ0n) is 12.3. The van der Waals surface area contributed by atoms with E-state index in [0.29, 0.717) is 17.1 Å². The van der Waals surface area contributed by atoms with Gasteiger partial charge in [-0.25, -0.2) is 4.79 Å². The normalized spacial score (nSPS) is 11.2. The van der Waals surface area contributed by atoms with Crippen LogP contribution in [0.5, 0.6) is 5.75 Å². The molecule has 6 nitrogen and oxygen atoms in total. The average Bonchev–Trinajstić information content (AvgIpc) is 2.58. The number of carbonyl (C=O) groups is 1. The molecule has 0 fully saturated rings. The van der Waals surface area contributed by atoms with Gasteiger partial charge in [0.25, 0.3) is 0 Å². The van der Waals surface area contributed by atoms with E-state index >= 15 is 0 Å². The molecule has 0 aliphatic carbocycles. The summed E-state index contributed by atoms with van der Waals surface area (Å²) in [5.74, 6) is -0.326. The molecule has 0 amide bonds. The molecule has 0 aliphatic heterocycles. The first-order valence-corrected chi connectivity index (χ1v) is 6.94. The topological polar surface area (TPSA) is 91.5 Å². The molecule has 0 saturated heterocycles. The number of aliphatic hydroxyl groups excluding tert-OH is 1. The summed E-state index contributed by atoms with van der Waals surface area (Å²) in [6, 6.07) is 14.1. The van der Waals surface area contributed by atoms with Gasteiger partial charge in [-0.1, -0.05) is 12.1 Å². The molecule has 118 valence electrons. The summed E-state index contributed by atoms with van der Waals surface area (Å²) in [5.41, 5.74) is 2.12. The lowest BCUT2D eigenvalue weighted by molar-refractivity contribution is -0.131. The van der Waals surface area contributed by atoms with E-state index in [1.54, 1.807) is 48.5 Å². The number of ether oxygens (including phenoxy) is 1. The highest BCUT2D eigenvalue weighted by Crippen LogP contribution is 2.21. The van der Waals surface area contributed by atoms with Crippen LogP contribution < -0.4 is 4.74 Å². The minimum absolute atomic E-state index is 0.0287. The second kappa shape index (κ2) is 8.45. The third-order valence-electron chi connectivity index (χ3n) is 2.79. The molecule has 0 radical (unpaired) electrons. The summed E-state index contributed by atoms with van der Waals surface area (Å²) in [4.78, 5) is 10.4. The smallest absolute Gasteiger partial charge is 0.328 e. The Morgan fingerprint density at radius 2 is 1.57 bits per heavy atom. The summed E-state index contributed by atoms with van der Waals surface area (Å²) in [5, 5.41) is 25.5. The lowest BCUT2D eigenvalue weighted by atomic mass is 10.2. The van der Waals surface area contributed by atoms with Crippen LogP contribution in [0.25, 0.3) is 6.08 Å². The fourth-order valence-corrected chi connectivity index (χ4v) is 1.71. The van der Waals surface area contributed by atoms with E-state index in [9.17, 15) is 4.79 Å². The van der Waals surface area contributed by atoms with Crippen molar-refractivity contribution >= 4 is 23.4 Å². The average molecular weight is 312 g/mol. The van der Waals surface area contributed by atoms with Crippen molar-refractivity contribution in [2.75, 3.05) is 13.2 Å². The molecule has 0 aromatic heterocycles. The Morgan fingerprint density at radius 1 is 1.00 bits per heavy atom. The highest BCUT2D eigenvalue weighted by atomic mass is 16.5. The fraction of sp³-hybridized carbons (Fsp3) is 0.118. The summed E-state index contributed by atoms with van der Waals surface area (Å²) in [7, 11) is 0. The van der Waals surface area contributed by atoms with Gasteiger partial charge in [0.2, 0.25) is 0 Å². The molecular formula is C17H16N2O4. The zero-order chi connectivity index (χ0) is 16.5. The molecule has 0 atom stereocenters. The van der Waals surface area contributed by atoms with Crippen molar-refractivity contribution in [2.45, 2.75) is 0 Å². The molecule has 2 rings (SSSR count). The standard InChI is InChI=1S/C17H16N2O4/c20-11-12-23-16-8-6-15(7-9-16)19-18-14-4-1-13(2-5-14)3-10-17(21)22/h1-10,20H,11-12H2,(H,21,22). The number of carboxylic acid groups (broad SMARTS) is 1. The summed E-state index contributed by atoms with van der Waals surface area (Å²) < 4.78 is 5.26. The molecule has 0 saturated carbocycles. The Labute approximate surface area is 133 Å². The molecular weight excluding hydrogens is 296 g/mol. The Hall–Kier alpha value is -2.99. The largest absolute Gasteiger partial charge is 0.491 e. The summed E-state index contributed by atoms with van der Waals surface area (Å²) in [6.45, 7) is 0.225. The maximum atomic E-state index is 10.4. The predicted molar refractivity (Wildman–Crippen MR) is 86.3 cm³/mol. The second-order valence-electron chi connectivity index (χ2n) is 4.53. The lowest BCUT2D eigenvalue weighted by Gasteiger charge is -2.03. The maximum Gasteiger partial charge on any atom is 0.328 e. The molecule has 0 unspecified atom stereocenters. The van der Waals surface area contributed by atoms with Gasteiger partial charge in [-0.15, -0.1) is 0 Å². The van der Waals surface area contributed by atoms with Crippen molar-refractivity contribution in [1.82, 2.24) is 0 Å². The van der Waals surface area contributed by atoms with Crippen LogP contribution in [-0.4, -0.2) is 29.4 Å².